The molecule has 1 N–H and O–H groups in total. The molecule has 0 saturated carbocycles. The van der Waals surface area contributed by atoms with E-state index in [0.29, 0.717) is 0 Å². The van der Waals surface area contributed by atoms with Crippen LogP contribution in [0.25, 0.3) is 0 Å². The molecular formula is C15H20BrN3S. The van der Waals surface area contributed by atoms with Gasteiger partial charge in [0.05, 0.1) is 11.4 Å². The highest BCUT2D eigenvalue weighted by Crippen LogP contribution is 2.28. The predicted molar refractivity (Wildman–Crippen MR) is 88.3 cm³/mol. The van der Waals surface area contributed by atoms with Crippen molar-refractivity contribution in [1.29, 1.82) is 0 Å². The van der Waals surface area contributed by atoms with E-state index in [1.165, 1.54) is 10.6 Å². The van der Waals surface area contributed by atoms with Crippen LogP contribution in [0.3, 0.4) is 0 Å². The topological polar surface area (TPSA) is 37.8 Å². The number of hydrogen-bond donors (Lipinski definition) is 1. The van der Waals surface area contributed by atoms with Crippen LogP contribution in [-0.4, -0.2) is 16.5 Å². The van der Waals surface area contributed by atoms with E-state index in [0.717, 1.165) is 34.6 Å². The summed E-state index contributed by atoms with van der Waals surface area (Å²) in [5.74, 6) is 0. The van der Waals surface area contributed by atoms with Crippen molar-refractivity contribution < 1.29 is 0 Å². The minimum atomic E-state index is 0.0899. The van der Waals surface area contributed by atoms with Gasteiger partial charge in [0.25, 0.3) is 0 Å². The molecule has 0 fully saturated rings. The molecule has 2 aromatic heterocycles. The van der Waals surface area contributed by atoms with E-state index >= 15 is 0 Å². The van der Waals surface area contributed by atoms with Crippen molar-refractivity contribution in [2.45, 2.75) is 39.7 Å². The SMILES string of the molecule is CCCNC(c1ccc(Br)cn1)c1nc(CC)c(C)s1. The van der Waals surface area contributed by atoms with E-state index in [9.17, 15) is 0 Å². The standard InChI is InChI=1S/C15H20BrN3S/c1-4-8-17-14(13-7-6-11(16)9-18-13)15-19-12(5-2)10(3)20-15/h6-7,9,14,17H,4-5,8H2,1-3H3. The molecule has 0 aromatic carbocycles. The van der Waals surface area contributed by atoms with E-state index in [-0.39, 0.29) is 6.04 Å². The van der Waals surface area contributed by atoms with Gasteiger partial charge in [0.1, 0.15) is 11.0 Å². The normalized spacial score (nSPS) is 12.6. The van der Waals surface area contributed by atoms with Crippen molar-refractivity contribution in [2.75, 3.05) is 6.54 Å². The summed E-state index contributed by atoms with van der Waals surface area (Å²) in [6, 6.07) is 4.18. The summed E-state index contributed by atoms with van der Waals surface area (Å²) in [7, 11) is 0. The van der Waals surface area contributed by atoms with Gasteiger partial charge in [-0.05, 0) is 54.4 Å². The van der Waals surface area contributed by atoms with Gasteiger partial charge in [-0.3, -0.25) is 4.98 Å². The van der Waals surface area contributed by atoms with Crippen molar-refractivity contribution in [3.63, 3.8) is 0 Å². The second-order valence-electron chi connectivity index (χ2n) is 4.70. The van der Waals surface area contributed by atoms with Crippen LogP contribution in [-0.2, 0) is 6.42 Å². The van der Waals surface area contributed by atoms with Gasteiger partial charge in [0.15, 0.2) is 0 Å². The Labute approximate surface area is 133 Å². The molecule has 0 saturated heterocycles. The summed E-state index contributed by atoms with van der Waals surface area (Å²) in [5, 5.41) is 4.67. The molecule has 0 aliphatic rings. The number of halogens is 1. The van der Waals surface area contributed by atoms with Gasteiger partial charge in [-0.2, -0.15) is 0 Å². The van der Waals surface area contributed by atoms with Gasteiger partial charge in [0.2, 0.25) is 0 Å². The molecule has 2 rings (SSSR count). The zero-order valence-electron chi connectivity index (χ0n) is 12.1. The molecule has 0 aliphatic carbocycles. The van der Waals surface area contributed by atoms with E-state index in [2.05, 4.69) is 53.1 Å². The Morgan fingerprint density at radius 2 is 2.15 bits per heavy atom. The molecule has 0 aliphatic heterocycles. The van der Waals surface area contributed by atoms with Crippen LogP contribution in [0.1, 0.15) is 47.6 Å². The predicted octanol–water partition coefficient (Wildman–Crippen LogP) is 4.26. The van der Waals surface area contributed by atoms with E-state index < -0.39 is 0 Å². The fourth-order valence-corrected chi connectivity index (χ4v) is 3.40. The highest BCUT2D eigenvalue weighted by molar-refractivity contribution is 9.10. The molecule has 0 spiro atoms. The third-order valence-corrected chi connectivity index (χ3v) is 4.68. The highest BCUT2D eigenvalue weighted by Gasteiger charge is 2.19. The minimum Gasteiger partial charge on any atom is -0.303 e. The van der Waals surface area contributed by atoms with Crippen LogP contribution in [0.15, 0.2) is 22.8 Å². The number of pyridine rings is 1. The minimum absolute atomic E-state index is 0.0899. The number of aromatic nitrogens is 2. The van der Waals surface area contributed by atoms with E-state index in [1.807, 2.05) is 12.3 Å². The summed E-state index contributed by atoms with van der Waals surface area (Å²) < 4.78 is 1.00. The van der Waals surface area contributed by atoms with Crippen LogP contribution >= 0.6 is 27.3 Å². The number of aryl methyl sites for hydroxylation is 2. The number of nitrogens with zero attached hydrogens (tertiary/aromatic N) is 2. The molecule has 1 atom stereocenters. The Morgan fingerprint density at radius 1 is 1.35 bits per heavy atom. The molecule has 2 heterocycles. The smallest absolute Gasteiger partial charge is 0.116 e. The molecule has 3 nitrogen and oxygen atoms in total. The Kier molecular flexibility index (Phi) is 5.69. The largest absolute Gasteiger partial charge is 0.303 e. The van der Waals surface area contributed by atoms with Crippen molar-refractivity contribution in [3.05, 3.63) is 44.1 Å². The van der Waals surface area contributed by atoms with Crippen molar-refractivity contribution in [2.24, 2.45) is 0 Å². The van der Waals surface area contributed by atoms with Crippen LogP contribution in [0, 0.1) is 6.92 Å². The molecule has 20 heavy (non-hydrogen) atoms. The average molecular weight is 354 g/mol. The molecule has 0 bridgehead atoms. The van der Waals surface area contributed by atoms with Crippen LogP contribution < -0.4 is 5.32 Å². The first-order valence-electron chi connectivity index (χ1n) is 6.96. The van der Waals surface area contributed by atoms with Gasteiger partial charge >= 0.3 is 0 Å². The maximum absolute atomic E-state index is 4.78. The van der Waals surface area contributed by atoms with Crippen LogP contribution in [0.4, 0.5) is 0 Å². The summed E-state index contributed by atoms with van der Waals surface area (Å²) in [4.78, 5) is 10.6. The van der Waals surface area contributed by atoms with Crippen molar-refractivity contribution >= 4 is 27.3 Å². The Morgan fingerprint density at radius 3 is 2.70 bits per heavy atom. The summed E-state index contributed by atoms with van der Waals surface area (Å²) >= 11 is 5.21. The number of thiazole rings is 1. The van der Waals surface area contributed by atoms with Crippen molar-refractivity contribution in [3.8, 4) is 0 Å². The first-order chi connectivity index (χ1) is 9.65. The van der Waals surface area contributed by atoms with E-state index in [1.54, 1.807) is 11.3 Å². The van der Waals surface area contributed by atoms with Crippen LogP contribution in [0.2, 0.25) is 0 Å². The molecule has 1 unspecified atom stereocenters. The third-order valence-electron chi connectivity index (χ3n) is 3.14. The highest BCUT2D eigenvalue weighted by atomic mass is 79.9. The average Bonchev–Trinajstić information content (AvgIpc) is 2.82. The Hall–Kier alpha value is -0.780. The maximum atomic E-state index is 4.78. The Balaban J connectivity index is 2.33. The fourth-order valence-electron chi connectivity index (χ4n) is 2.07. The number of nitrogens with one attached hydrogen (secondary N) is 1. The Bertz CT molecular complexity index is 551. The third kappa shape index (κ3) is 3.65. The molecule has 5 heteroatoms. The van der Waals surface area contributed by atoms with Gasteiger partial charge in [-0.1, -0.05) is 13.8 Å². The van der Waals surface area contributed by atoms with Crippen LogP contribution in [0.5, 0.6) is 0 Å². The first-order valence-corrected chi connectivity index (χ1v) is 8.57. The van der Waals surface area contributed by atoms with Gasteiger partial charge in [-0.15, -0.1) is 11.3 Å². The monoisotopic (exact) mass is 353 g/mol. The molecule has 0 radical (unpaired) electrons. The first kappa shape index (κ1) is 15.6. The summed E-state index contributed by atoms with van der Waals surface area (Å²) in [6.07, 6.45) is 3.92. The quantitative estimate of drug-likeness (QED) is 0.842. The molecule has 2 aromatic rings. The van der Waals surface area contributed by atoms with E-state index in [4.69, 9.17) is 4.98 Å². The summed E-state index contributed by atoms with van der Waals surface area (Å²) in [6.45, 7) is 7.43. The fraction of sp³-hybridized carbons (Fsp3) is 0.467. The van der Waals surface area contributed by atoms with Gasteiger partial charge in [0, 0.05) is 15.5 Å². The molecule has 0 amide bonds. The lowest BCUT2D eigenvalue weighted by Crippen LogP contribution is -2.24. The van der Waals surface area contributed by atoms with Gasteiger partial charge in [-0.25, -0.2) is 4.98 Å². The second-order valence-corrected chi connectivity index (χ2v) is 6.85. The lowest BCUT2D eigenvalue weighted by molar-refractivity contribution is 0.582. The number of rotatable bonds is 6. The van der Waals surface area contributed by atoms with Crippen molar-refractivity contribution in [1.82, 2.24) is 15.3 Å². The lowest BCUT2D eigenvalue weighted by Gasteiger charge is -2.15. The summed E-state index contributed by atoms with van der Waals surface area (Å²) in [5.41, 5.74) is 2.23. The number of hydrogen-bond acceptors (Lipinski definition) is 4. The van der Waals surface area contributed by atoms with Gasteiger partial charge < -0.3 is 5.32 Å². The molecular weight excluding hydrogens is 334 g/mol. The lowest BCUT2D eigenvalue weighted by atomic mass is 10.2. The zero-order valence-corrected chi connectivity index (χ0v) is 14.5. The zero-order chi connectivity index (χ0) is 14.5. The second kappa shape index (κ2) is 7.29. The maximum Gasteiger partial charge on any atom is 0.116 e. The molecule has 108 valence electrons.